The number of nitrogens with one attached hydrogen (secondary N) is 1. The molecule has 2 N–H and O–H groups in total. The molecule has 1 aromatic carbocycles. The summed E-state index contributed by atoms with van der Waals surface area (Å²) < 4.78 is 1.74. The van der Waals surface area contributed by atoms with E-state index < -0.39 is 5.97 Å². The van der Waals surface area contributed by atoms with Crippen molar-refractivity contribution in [2.45, 2.75) is 30.1 Å². The second-order valence-corrected chi connectivity index (χ2v) is 9.35. The highest BCUT2D eigenvalue weighted by Gasteiger charge is 2.30. The van der Waals surface area contributed by atoms with E-state index in [0.717, 1.165) is 20.9 Å². The molecule has 1 amide bonds. The van der Waals surface area contributed by atoms with Gasteiger partial charge in [-0.25, -0.2) is 9.78 Å². The molecule has 3 rings (SSSR count). The van der Waals surface area contributed by atoms with Crippen LogP contribution in [0.15, 0.2) is 32.4 Å². The van der Waals surface area contributed by atoms with Crippen LogP contribution in [0.2, 0.25) is 0 Å². The third-order valence-corrected chi connectivity index (χ3v) is 7.02. The Labute approximate surface area is 174 Å². The fourth-order valence-electron chi connectivity index (χ4n) is 2.96. The number of thiazole rings is 1. The number of carbonyl (C=O) groups is 2. The minimum atomic E-state index is -1.01. The molecule has 144 valence electrons. The first-order valence-electron chi connectivity index (χ1n) is 8.55. The highest BCUT2D eigenvalue weighted by Crippen LogP contribution is 2.27. The number of halogens is 1. The van der Waals surface area contributed by atoms with Crippen molar-refractivity contribution in [2.24, 2.45) is 0 Å². The molecule has 1 aliphatic heterocycles. The Balaban J connectivity index is 1.52. The number of carbonyl (C=O) groups excluding carboxylic acids is 1. The van der Waals surface area contributed by atoms with Gasteiger partial charge in [-0.05, 0) is 47.0 Å². The molecule has 0 aliphatic carbocycles. The van der Waals surface area contributed by atoms with Gasteiger partial charge >= 0.3 is 5.97 Å². The molecule has 2 heterocycles. The van der Waals surface area contributed by atoms with Gasteiger partial charge in [-0.15, -0.1) is 11.3 Å². The number of thioether (sulfide) groups is 1. The molecule has 0 spiro atoms. The maximum atomic E-state index is 12.2. The van der Waals surface area contributed by atoms with Crippen molar-refractivity contribution in [1.82, 2.24) is 9.88 Å². The molecule has 1 saturated heterocycles. The van der Waals surface area contributed by atoms with Gasteiger partial charge in [-0.2, -0.15) is 0 Å². The smallest absolute Gasteiger partial charge is 0.355 e. The van der Waals surface area contributed by atoms with Gasteiger partial charge < -0.3 is 15.3 Å². The van der Waals surface area contributed by atoms with E-state index in [1.165, 1.54) is 34.0 Å². The lowest BCUT2D eigenvalue weighted by Gasteiger charge is -2.25. The standard InChI is InChI=1S/C18H20BrN3O3S2/c1-11-2-4-14(13(19)8-11)20-9-12-3-5-16(23)22(12)6-7-26-18-21-15(10-27-18)17(24)25/h2,4,8,10,12,20H,3,5-7,9H2,1H3,(H,24,25)/t12-/m1/s1. The van der Waals surface area contributed by atoms with Crippen molar-refractivity contribution < 1.29 is 14.7 Å². The van der Waals surface area contributed by atoms with Gasteiger partial charge in [-0.1, -0.05) is 17.8 Å². The number of amides is 1. The molecule has 1 aliphatic rings. The zero-order valence-electron chi connectivity index (χ0n) is 14.8. The van der Waals surface area contributed by atoms with Crippen LogP contribution in [0.4, 0.5) is 5.69 Å². The van der Waals surface area contributed by atoms with Crippen LogP contribution in [-0.4, -0.2) is 51.8 Å². The van der Waals surface area contributed by atoms with Gasteiger partial charge in [0, 0.05) is 46.8 Å². The first kappa shape index (κ1) is 20.2. The number of aryl methyl sites for hydroxylation is 1. The lowest BCUT2D eigenvalue weighted by molar-refractivity contribution is -0.128. The first-order chi connectivity index (χ1) is 12.9. The van der Waals surface area contributed by atoms with Crippen LogP contribution in [0.5, 0.6) is 0 Å². The summed E-state index contributed by atoms with van der Waals surface area (Å²) in [6.07, 6.45) is 1.42. The van der Waals surface area contributed by atoms with E-state index in [0.29, 0.717) is 25.3 Å². The van der Waals surface area contributed by atoms with Gasteiger partial charge in [0.25, 0.3) is 0 Å². The number of carboxylic acid groups (broad SMARTS) is 1. The minimum Gasteiger partial charge on any atom is -0.476 e. The van der Waals surface area contributed by atoms with Gasteiger partial charge in [0.2, 0.25) is 5.91 Å². The molecule has 27 heavy (non-hydrogen) atoms. The summed E-state index contributed by atoms with van der Waals surface area (Å²) in [5, 5.41) is 13.9. The van der Waals surface area contributed by atoms with E-state index in [2.05, 4.69) is 38.4 Å². The van der Waals surface area contributed by atoms with E-state index in [1.54, 1.807) is 0 Å². The van der Waals surface area contributed by atoms with Gasteiger partial charge in [0.1, 0.15) is 0 Å². The molecular formula is C18H20BrN3O3S2. The number of likely N-dealkylation sites (tertiary alicyclic amines) is 1. The Morgan fingerprint density at radius 2 is 2.33 bits per heavy atom. The number of nitrogens with zero attached hydrogens (tertiary/aromatic N) is 2. The maximum absolute atomic E-state index is 12.2. The predicted molar refractivity (Wildman–Crippen MR) is 112 cm³/mol. The van der Waals surface area contributed by atoms with E-state index >= 15 is 0 Å². The Morgan fingerprint density at radius 1 is 1.52 bits per heavy atom. The fourth-order valence-corrected chi connectivity index (χ4v) is 5.40. The van der Waals surface area contributed by atoms with E-state index in [-0.39, 0.29) is 17.6 Å². The summed E-state index contributed by atoms with van der Waals surface area (Å²) in [5.41, 5.74) is 2.29. The van der Waals surface area contributed by atoms with Crippen LogP contribution in [-0.2, 0) is 4.79 Å². The number of hydrogen-bond acceptors (Lipinski definition) is 6. The predicted octanol–water partition coefficient (Wildman–Crippen LogP) is 4.11. The molecule has 1 atom stereocenters. The summed E-state index contributed by atoms with van der Waals surface area (Å²) in [6, 6.07) is 6.33. The second kappa shape index (κ2) is 9.07. The number of hydrogen-bond donors (Lipinski definition) is 2. The number of anilines is 1. The minimum absolute atomic E-state index is 0.0745. The van der Waals surface area contributed by atoms with E-state index in [4.69, 9.17) is 5.11 Å². The van der Waals surface area contributed by atoms with Gasteiger partial charge in [-0.3, -0.25) is 4.79 Å². The van der Waals surface area contributed by atoms with Crippen molar-refractivity contribution >= 4 is 56.6 Å². The maximum Gasteiger partial charge on any atom is 0.355 e. The summed E-state index contributed by atoms with van der Waals surface area (Å²) in [5.74, 6) is -0.139. The Bertz CT molecular complexity index is 843. The largest absolute Gasteiger partial charge is 0.476 e. The van der Waals surface area contributed by atoms with Gasteiger partial charge in [0.05, 0.1) is 0 Å². The molecule has 1 aromatic heterocycles. The summed E-state index contributed by atoms with van der Waals surface area (Å²) in [6.45, 7) is 3.39. The third kappa shape index (κ3) is 5.24. The number of carboxylic acids is 1. The van der Waals surface area contributed by atoms with Crippen molar-refractivity contribution in [1.29, 1.82) is 0 Å². The SMILES string of the molecule is Cc1ccc(NC[C@H]2CCC(=O)N2CCSc2nc(C(=O)O)cs2)c(Br)c1. The number of rotatable bonds is 8. The van der Waals surface area contributed by atoms with Crippen LogP contribution in [0, 0.1) is 6.92 Å². The molecular weight excluding hydrogens is 450 g/mol. The Morgan fingerprint density at radius 3 is 3.04 bits per heavy atom. The van der Waals surface area contributed by atoms with Crippen LogP contribution in [0.25, 0.3) is 0 Å². The Kier molecular flexibility index (Phi) is 6.78. The number of benzene rings is 1. The molecule has 6 nitrogen and oxygen atoms in total. The quantitative estimate of drug-likeness (QED) is 0.566. The van der Waals surface area contributed by atoms with Crippen LogP contribution < -0.4 is 5.32 Å². The van der Waals surface area contributed by atoms with Crippen LogP contribution >= 0.6 is 39.0 Å². The van der Waals surface area contributed by atoms with Crippen LogP contribution in [0.3, 0.4) is 0 Å². The third-order valence-electron chi connectivity index (χ3n) is 4.37. The molecule has 0 radical (unpaired) electrons. The summed E-state index contributed by atoms with van der Waals surface area (Å²) in [4.78, 5) is 29.1. The number of aromatic nitrogens is 1. The highest BCUT2D eigenvalue weighted by atomic mass is 79.9. The topological polar surface area (TPSA) is 82.5 Å². The van der Waals surface area contributed by atoms with Crippen molar-refractivity contribution in [3.05, 3.63) is 39.3 Å². The lowest BCUT2D eigenvalue weighted by Crippen LogP contribution is -2.39. The highest BCUT2D eigenvalue weighted by molar-refractivity contribution is 9.10. The molecule has 9 heteroatoms. The second-order valence-electron chi connectivity index (χ2n) is 6.30. The number of aromatic carboxylic acids is 1. The van der Waals surface area contributed by atoms with Crippen molar-refractivity contribution in [3.8, 4) is 0 Å². The van der Waals surface area contributed by atoms with Crippen LogP contribution in [0.1, 0.15) is 28.9 Å². The van der Waals surface area contributed by atoms with E-state index in [1.807, 2.05) is 17.9 Å². The average Bonchev–Trinajstić information content (AvgIpc) is 3.22. The normalized spacial score (nSPS) is 16.7. The fraction of sp³-hybridized carbons (Fsp3) is 0.389. The molecule has 2 aromatic rings. The lowest BCUT2D eigenvalue weighted by atomic mass is 10.2. The van der Waals surface area contributed by atoms with Gasteiger partial charge in [0.15, 0.2) is 10.0 Å². The Hall–Kier alpha value is -1.58. The molecule has 1 fully saturated rings. The summed E-state index contributed by atoms with van der Waals surface area (Å²) >= 11 is 6.38. The summed E-state index contributed by atoms with van der Waals surface area (Å²) in [7, 11) is 0. The zero-order chi connectivity index (χ0) is 19.4. The van der Waals surface area contributed by atoms with Crippen molar-refractivity contribution in [3.63, 3.8) is 0 Å². The molecule has 0 saturated carbocycles. The molecule has 0 unspecified atom stereocenters. The average molecular weight is 470 g/mol. The first-order valence-corrected chi connectivity index (χ1v) is 11.2. The van der Waals surface area contributed by atoms with E-state index in [9.17, 15) is 9.59 Å². The zero-order valence-corrected chi connectivity index (χ0v) is 18.0. The monoisotopic (exact) mass is 469 g/mol. The molecule has 0 bridgehead atoms. The van der Waals surface area contributed by atoms with Crippen molar-refractivity contribution in [2.75, 3.05) is 24.2 Å².